The van der Waals surface area contributed by atoms with Gasteiger partial charge in [-0.2, -0.15) is 0 Å². The Bertz CT molecular complexity index is 1080. The van der Waals surface area contributed by atoms with Crippen molar-refractivity contribution >= 4 is 11.9 Å². The standard InChI is InChI=1S/C63H121NO5/c1-3-5-7-9-11-13-15-37-41-45-49-53-57-63(68)69-58-54-50-46-42-38-35-33-31-29-27-25-23-21-19-17-16-18-20-22-24-26-28-30-32-34-36-40-44-48-52-56-62(67)64-60(59-65)61(66)55-51-47-43-39-14-12-10-8-6-4-2/h17,19,51,55,60-61,65-66H,3-16,18,20-50,52-54,56-59H2,1-2H3,(H,64,67)/b19-17-,55-51+. The van der Waals surface area contributed by atoms with Gasteiger partial charge in [0.15, 0.2) is 0 Å². The maximum atomic E-state index is 12.4. The van der Waals surface area contributed by atoms with E-state index >= 15 is 0 Å². The van der Waals surface area contributed by atoms with Crippen LogP contribution in [0.3, 0.4) is 0 Å². The third-order valence-corrected chi connectivity index (χ3v) is 14.5. The second kappa shape index (κ2) is 58.9. The van der Waals surface area contributed by atoms with E-state index in [0.717, 1.165) is 38.5 Å². The number of hydrogen-bond acceptors (Lipinski definition) is 5. The highest BCUT2D eigenvalue weighted by Gasteiger charge is 2.18. The molecular weight excluding hydrogens is 851 g/mol. The molecule has 0 rings (SSSR count). The first-order chi connectivity index (χ1) is 34.0. The normalized spacial score (nSPS) is 12.7. The van der Waals surface area contributed by atoms with Crippen LogP contribution in [-0.2, 0) is 14.3 Å². The van der Waals surface area contributed by atoms with Crippen molar-refractivity contribution in [3.63, 3.8) is 0 Å². The van der Waals surface area contributed by atoms with Crippen LogP contribution < -0.4 is 5.32 Å². The van der Waals surface area contributed by atoms with E-state index in [9.17, 15) is 19.8 Å². The number of carbonyl (C=O) groups excluding carboxylic acids is 2. The fourth-order valence-electron chi connectivity index (χ4n) is 9.69. The van der Waals surface area contributed by atoms with Crippen molar-refractivity contribution in [1.29, 1.82) is 0 Å². The topological polar surface area (TPSA) is 95.9 Å². The smallest absolute Gasteiger partial charge is 0.305 e. The monoisotopic (exact) mass is 972 g/mol. The summed E-state index contributed by atoms with van der Waals surface area (Å²) in [5.74, 6) is -0.0499. The number of esters is 1. The first-order valence-corrected chi connectivity index (χ1v) is 31.1. The van der Waals surface area contributed by atoms with Crippen LogP contribution in [-0.4, -0.2) is 47.4 Å². The molecule has 0 fully saturated rings. The highest BCUT2D eigenvalue weighted by Crippen LogP contribution is 2.17. The Balaban J connectivity index is 3.35. The third kappa shape index (κ3) is 55.5. The van der Waals surface area contributed by atoms with E-state index in [1.54, 1.807) is 6.08 Å². The van der Waals surface area contributed by atoms with Crippen LogP contribution in [0.1, 0.15) is 341 Å². The highest BCUT2D eigenvalue weighted by molar-refractivity contribution is 5.76. The van der Waals surface area contributed by atoms with E-state index in [1.165, 1.54) is 276 Å². The van der Waals surface area contributed by atoms with Crippen LogP contribution in [0.25, 0.3) is 0 Å². The van der Waals surface area contributed by atoms with Crippen LogP contribution in [0, 0.1) is 0 Å². The van der Waals surface area contributed by atoms with Gasteiger partial charge in [0.2, 0.25) is 5.91 Å². The molecule has 2 unspecified atom stereocenters. The summed E-state index contributed by atoms with van der Waals surface area (Å²) in [5.41, 5.74) is 0. The molecule has 0 radical (unpaired) electrons. The van der Waals surface area contributed by atoms with Gasteiger partial charge in [0, 0.05) is 12.8 Å². The zero-order chi connectivity index (χ0) is 50.0. The Morgan fingerprint density at radius 3 is 1.03 bits per heavy atom. The minimum absolute atomic E-state index is 0.0176. The van der Waals surface area contributed by atoms with Gasteiger partial charge in [-0.15, -0.1) is 0 Å². The van der Waals surface area contributed by atoms with Crippen LogP contribution in [0.2, 0.25) is 0 Å². The molecule has 0 aliphatic heterocycles. The Hall–Kier alpha value is -1.66. The molecule has 0 aliphatic carbocycles. The van der Waals surface area contributed by atoms with E-state index in [1.807, 2.05) is 6.08 Å². The summed E-state index contributed by atoms with van der Waals surface area (Å²) in [6.45, 7) is 4.90. The number of carbonyl (C=O) groups is 2. The zero-order valence-corrected chi connectivity index (χ0v) is 46.6. The molecule has 0 saturated heterocycles. The molecule has 0 heterocycles. The lowest BCUT2D eigenvalue weighted by Gasteiger charge is -2.20. The number of rotatable bonds is 58. The Kier molecular flexibility index (Phi) is 57.5. The summed E-state index contributed by atoms with van der Waals surface area (Å²) >= 11 is 0. The van der Waals surface area contributed by atoms with Gasteiger partial charge in [0.25, 0.3) is 0 Å². The lowest BCUT2D eigenvalue weighted by atomic mass is 10.0. The van der Waals surface area contributed by atoms with Gasteiger partial charge in [-0.3, -0.25) is 9.59 Å². The summed E-state index contributed by atoms with van der Waals surface area (Å²) in [5, 5.41) is 23.0. The molecule has 0 aliphatic rings. The molecule has 0 aromatic carbocycles. The van der Waals surface area contributed by atoms with Gasteiger partial charge in [-0.25, -0.2) is 0 Å². The second-order valence-corrected chi connectivity index (χ2v) is 21.4. The third-order valence-electron chi connectivity index (χ3n) is 14.5. The summed E-state index contributed by atoms with van der Waals surface area (Å²) in [6, 6.07) is -0.624. The number of ether oxygens (including phenoxy) is 1. The molecule has 2 atom stereocenters. The van der Waals surface area contributed by atoms with Gasteiger partial charge < -0.3 is 20.3 Å². The van der Waals surface area contributed by atoms with Crippen molar-refractivity contribution in [2.24, 2.45) is 0 Å². The number of unbranched alkanes of at least 4 members (excludes halogenated alkanes) is 45. The predicted molar refractivity (Wildman–Crippen MR) is 301 cm³/mol. The molecule has 0 aromatic rings. The molecule has 6 nitrogen and oxygen atoms in total. The van der Waals surface area contributed by atoms with Crippen molar-refractivity contribution in [1.82, 2.24) is 5.32 Å². The summed E-state index contributed by atoms with van der Waals surface area (Å²) in [6.07, 6.45) is 72.4. The fourth-order valence-corrected chi connectivity index (χ4v) is 9.69. The van der Waals surface area contributed by atoms with Crippen LogP contribution in [0.5, 0.6) is 0 Å². The quantitative estimate of drug-likeness (QED) is 0.0321. The van der Waals surface area contributed by atoms with Crippen molar-refractivity contribution in [2.45, 2.75) is 353 Å². The lowest BCUT2D eigenvalue weighted by Crippen LogP contribution is -2.45. The number of nitrogens with one attached hydrogen (secondary N) is 1. The molecule has 0 saturated carbocycles. The van der Waals surface area contributed by atoms with Crippen LogP contribution in [0.4, 0.5) is 0 Å². The average Bonchev–Trinajstić information content (AvgIpc) is 3.35. The van der Waals surface area contributed by atoms with E-state index in [0.29, 0.717) is 19.4 Å². The van der Waals surface area contributed by atoms with Crippen molar-refractivity contribution < 1.29 is 24.5 Å². The number of aliphatic hydroxyl groups is 2. The maximum Gasteiger partial charge on any atom is 0.305 e. The minimum atomic E-state index is -0.841. The van der Waals surface area contributed by atoms with Gasteiger partial charge in [-0.05, 0) is 57.8 Å². The van der Waals surface area contributed by atoms with Crippen LogP contribution >= 0.6 is 0 Å². The summed E-state index contributed by atoms with van der Waals surface area (Å²) in [4.78, 5) is 24.4. The summed E-state index contributed by atoms with van der Waals surface area (Å²) in [7, 11) is 0. The highest BCUT2D eigenvalue weighted by atomic mass is 16.5. The Morgan fingerprint density at radius 1 is 0.391 bits per heavy atom. The van der Waals surface area contributed by atoms with Crippen molar-refractivity contribution in [3.05, 3.63) is 24.3 Å². The van der Waals surface area contributed by atoms with Gasteiger partial charge in [0.05, 0.1) is 25.4 Å². The molecule has 3 N–H and O–H groups in total. The van der Waals surface area contributed by atoms with E-state index in [2.05, 4.69) is 31.3 Å². The average molecular weight is 973 g/mol. The molecule has 69 heavy (non-hydrogen) atoms. The molecule has 0 aromatic heterocycles. The molecule has 1 amide bonds. The van der Waals surface area contributed by atoms with E-state index in [-0.39, 0.29) is 18.5 Å². The zero-order valence-electron chi connectivity index (χ0n) is 46.6. The Morgan fingerprint density at radius 2 is 0.681 bits per heavy atom. The van der Waals surface area contributed by atoms with E-state index in [4.69, 9.17) is 4.74 Å². The molecular formula is C63H121NO5. The van der Waals surface area contributed by atoms with Gasteiger partial charge in [-0.1, -0.05) is 295 Å². The number of aliphatic hydroxyl groups excluding tert-OH is 2. The number of allylic oxidation sites excluding steroid dienone is 3. The Labute approximate surface area is 431 Å². The van der Waals surface area contributed by atoms with Gasteiger partial charge in [0.1, 0.15) is 0 Å². The van der Waals surface area contributed by atoms with E-state index < -0.39 is 12.1 Å². The largest absolute Gasteiger partial charge is 0.466 e. The molecule has 408 valence electrons. The van der Waals surface area contributed by atoms with Crippen molar-refractivity contribution in [2.75, 3.05) is 13.2 Å². The minimum Gasteiger partial charge on any atom is -0.466 e. The molecule has 0 spiro atoms. The first kappa shape index (κ1) is 67.3. The SMILES string of the molecule is CCCCCCCCCC/C=C/C(O)C(CO)NC(=O)CCCCCCCCCCCCCCCC/C=C\CCCCCCCCCCCCCCOC(=O)CCCCCCCCCCCCCC. The van der Waals surface area contributed by atoms with Gasteiger partial charge >= 0.3 is 5.97 Å². The number of hydrogen-bond donors (Lipinski definition) is 3. The fraction of sp³-hybridized carbons (Fsp3) is 0.905. The first-order valence-electron chi connectivity index (χ1n) is 31.1. The molecule has 0 bridgehead atoms. The summed E-state index contributed by atoms with van der Waals surface area (Å²) < 4.78 is 5.48. The maximum absolute atomic E-state index is 12.4. The predicted octanol–water partition coefficient (Wildman–Crippen LogP) is 19.4. The van der Waals surface area contributed by atoms with Crippen LogP contribution in [0.15, 0.2) is 24.3 Å². The van der Waals surface area contributed by atoms with Crippen molar-refractivity contribution in [3.8, 4) is 0 Å². The lowest BCUT2D eigenvalue weighted by molar-refractivity contribution is -0.143. The molecule has 6 heteroatoms. The second-order valence-electron chi connectivity index (χ2n) is 21.4. The number of amides is 1.